The molecule has 1 saturated carbocycles. The molecule has 2 aliphatic heterocycles. The van der Waals surface area contributed by atoms with Crippen LogP contribution < -0.4 is 0 Å². The molecule has 3 fully saturated rings. The summed E-state index contributed by atoms with van der Waals surface area (Å²) < 4.78 is 5.41. The van der Waals surface area contributed by atoms with Crippen molar-refractivity contribution in [1.29, 1.82) is 0 Å². The van der Waals surface area contributed by atoms with E-state index in [1.54, 1.807) is 16.7 Å². The summed E-state index contributed by atoms with van der Waals surface area (Å²) in [5.41, 5.74) is 0.322. The summed E-state index contributed by atoms with van der Waals surface area (Å²) in [4.78, 5) is 43.7. The Balaban J connectivity index is 1.26. The van der Waals surface area contributed by atoms with Gasteiger partial charge in [0, 0.05) is 38.1 Å². The average molecular weight is 472 g/mol. The Morgan fingerprint density at radius 2 is 1.82 bits per heavy atom. The van der Waals surface area contributed by atoms with Gasteiger partial charge in [0.2, 0.25) is 11.8 Å². The van der Waals surface area contributed by atoms with Gasteiger partial charge in [0.25, 0.3) is 0 Å². The number of carbonyl (C=O) groups is 3. The first kappa shape index (κ1) is 24.5. The van der Waals surface area contributed by atoms with Crippen molar-refractivity contribution in [3.8, 4) is 0 Å². The standard InChI is InChI=1S/C26H37N3O5/c1-19-22(31)27(15-16-29(19)24(33)34-18-20-7-5-4-6-8-20)13-11-25(2,3)23(32)28-14-12-26(9-10-26)21(30)17-28/h4-8,19,21,30H,9-18H2,1-3H3/t19-,21+/m0/s1. The number of β-amino-alcohol motifs (C(OH)–C–C–N with tert-alkyl or cyclic N) is 1. The maximum Gasteiger partial charge on any atom is 0.410 e. The van der Waals surface area contributed by atoms with Crippen LogP contribution in [0.25, 0.3) is 0 Å². The van der Waals surface area contributed by atoms with Crippen LogP contribution in [0.3, 0.4) is 0 Å². The van der Waals surface area contributed by atoms with E-state index in [1.165, 1.54) is 4.90 Å². The lowest BCUT2D eigenvalue weighted by Crippen LogP contribution is -2.58. The zero-order valence-corrected chi connectivity index (χ0v) is 20.5. The van der Waals surface area contributed by atoms with E-state index in [0.29, 0.717) is 39.1 Å². The van der Waals surface area contributed by atoms with Crippen molar-refractivity contribution in [3.63, 3.8) is 0 Å². The van der Waals surface area contributed by atoms with E-state index in [2.05, 4.69) is 0 Å². The van der Waals surface area contributed by atoms with Crippen molar-refractivity contribution in [1.82, 2.24) is 14.7 Å². The third-order valence-electron chi connectivity index (χ3n) is 7.93. The molecule has 3 amide bonds. The predicted molar refractivity (Wildman–Crippen MR) is 127 cm³/mol. The Kier molecular flexibility index (Phi) is 6.90. The Bertz CT molecular complexity index is 914. The second-order valence-electron chi connectivity index (χ2n) is 10.7. The molecule has 2 saturated heterocycles. The fourth-order valence-electron chi connectivity index (χ4n) is 5.10. The number of nitrogens with zero attached hydrogens (tertiary/aromatic N) is 3. The highest BCUT2D eigenvalue weighted by atomic mass is 16.6. The molecule has 2 atom stereocenters. The molecule has 8 nitrogen and oxygen atoms in total. The first-order valence-electron chi connectivity index (χ1n) is 12.4. The van der Waals surface area contributed by atoms with Crippen LogP contribution >= 0.6 is 0 Å². The van der Waals surface area contributed by atoms with Gasteiger partial charge in [-0.15, -0.1) is 0 Å². The number of rotatable bonds is 6. The fourth-order valence-corrected chi connectivity index (χ4v) is 5.10. The minimum atomic E-state index is -0.636. The molecule has 0 bridgehead atoms. The second-order valence-corrected chi connectivity index (χ2v) is 10.7. The first-order chi connectivity index (χ1) is 16.1. The van der Waals surface area contributed by atoms with Gasteiger partial charge in [0.1, 0.15) is 12.6 Å². The number of carbonyl (C=O) groups excluding carboxylic acids is 3. The van der Waals surface area contributed by atoms with Crippen molar-refractivity contribution in [2.45, 2.75) is 65.2 Å². The molecule has 8 heteroatoms. The van der Waals surface area contributed by atoms with Crippen LogP contribution in [-0.4, -0.2) is 82.6 Å². The van der Waals surface area contributed by atoms with Crippen LogP contribution in [0.2, 0.25) is 0 Å². The average Bonchev–Trinajstić information content (AvgIpc) is 3.61. The highest BCUT2D eigenvalue weighted by Crippen LogP contribution is 2.53. The second kappa shape index (κ2) is 9.56. The number of hydrogen-bond donors (Lipinski definition) is 1. The predicted octanol–water partition coefficient (Wildman–Crippen LogP) is 2.65. The highest BCUT2D eigenvalue weighted by molar-refractivity contribution is 5.87. The maximum absolute atomic E-state index is 13.2. The lowest BCUT2D eigenvalue weighted by molar-refractivity contribution is -0.148. The quantitative estimate of drug-likeness (QED) is 0.689. The van der Waals surface area contributed by atoms with Gasteiger partial charge in [0.05, 0.1) is 6.10 Å². The van der Waals surface area contributed by atoms with Crippen molar-refractivity contribution in [2.75, 3.05) is 32.7 Å². The third-order valence-corrected chi connectivity index (χ3v) is 7.93. The van der Waals surface area contributed by atoms with Gasteiger partial charge in [-0.1, -0.05) is 44.2 Å². The van der Waals surface area contributed by atoms with Crippen LogP contribution in [0.15, 0.2) is 30.3 Å². The van der Waals surface area contributed by atoms with Crippen LogP contribution in [0.4, 0.5) is 4.79 Å². The number of benzene rings is 1. The number of likely N-dealkylation sites (tertiary alicyclic amines) is 1. The van der Waals surface area contributed by atoms with Crippen molar-refractivity contribution in [2.24, 2.45) is 10.8 Å². The lowest BCUT2D eigenvalue weighted by atomic mass is 9.84. The molecule has 34 heavy (non-hydrogen) atoms. The molecule has 1 aromatic rings. The van der Waals surface area contributed by atoms with E-state index in [-0.39, 0.29) is 23.8 Å². The zero-order chi connectivity index (χ0) is 24.5. The molecular formula is C26H37N3O5. The summed E-state index contributed by atoms with van der Waals surface area (Å²) in [6.07, 6.45) is 2.60. The van der Waals surface area contributed by atoms with Crippen LogP contribution in [0.5, 0.6) is 0 Å². The third kappa shape index (κ3) is 5.06. The minimum Gasteiger partial charge on any atom is -0.445 e. The zero-order valence-electron chi connectivity index (χ0n) is 20.5. The van der Waals surface area contributed by atoms with Crippen LogP contribution in [-0.2, 0) is 20.9 Å². The van der Waals surface area contributed by atoms with Crippen LogP contribution in [0, 0.1) is 10.8 Å². The smallest absolute Gasteiger partial charge is 0.410 e. The summed E-state index contributed by atoms with van der Waals surface area (Å²) in [6.45, 7) is 8.08. The number of aliphatic hydroxyl groups is 1. The maximum atomic E-state index is 13.2. The van der Waals surface area contributed by atoms with Crippen molar-refractivity contribution < 1.29 is 24.2 Å². The molecule has 2 heterocycles. The number of aliphatic hydroxyl groups excluding tert-OH is 1. The van der Waals surface area contributed by atoms with E-state index in [4.69, 9.17) is 4.74 Å². The molecule has 1 spiro atoms. The van der Waals surface area contributed by atoms with Gasteiger partial charge in [-0.2, -0.15) is 0 Å². The van der Waals surface area contributed by atoms with E-state index in [1.807, 2.05) is 44.2 Å². The molecule has 1 aliphatic carbocycles. The topological polar surface area (TPSA) is 90.4 Å². The van der Waals surface area contributed by atoms with E-state index in [9.17, 15) is 19.5 Å². The van der Waals surface area contributed by atoms with Gasteiger partial charge in [0.15, 0.2) is 0 Å². The normalized spacial score (nSPS) is 24.4. The van der Waals surface area contributed by atoms with Crippen molar-refractivity contribution >= 4 is 17.9 Å². The summed E-state index contributed by atoms with van der Waals surface area (Å²) in [7, 11) is 0. The van der Waals surface area contributed by atoms with E-state index in [0.717, 1.165) is 24.8 Å². The van der Waals surface area contributed by atoms with E-state index >= 15 is 0 Å². The summed E-state index contributed by atoms with van der Waals surface area (Å²) >= 11 is 0. The van der Waals surface area contributed by atoms with Crippen molar-refractivity contribution in [3.05, 3.63) is 35.9 Å². The Hall–Kier alpha value is -2.61. The Morgan fingerprint density at radius 1 is 1.12 bits per heavy atom. The minimum absolute atomic E-state index is 0.0330. The molecule has 1 N–H and O–H groups in total. The van der Waals surface area contributed by atoms with Crippen LogP contribution in [0.1, 0.15) is 52.0 Å². The lowest BCUT2D eigenvalue weighted by Gasteiger charge is -2.42. The molecule has 0 unspecified atom stereocenters. The molecule has 1 aromatic carbocycles. The first-order valence-corrected chi connectivity index (χ1v) is 12.4. The molecule has 186 valence electrons. The fraction of sp³-hybridized carbons (Fsp3) is 0.654. The molecule has 3 aliphatic rings. The monoisotopic (exact) mass is 471 g/mol. The number of piperidine rings is 1. The summed E-state index contributed by atoms with van der Waals surface area (Å²) in [5, 5.41) is 10.5. The van der Waals surface area contributed by atoms with Gasteiger partial charge >= 0.3 is 6.09 Å². The van der Waals surface area contributed by atoms with Gasteiger partial charge in [-0.05, 0) is 43.6 Å². The highest BCUT2D eigenvalue weighted by Gasteiger charge is 2.52. The Labute approximate surface area is 201 Å². The molecular weight excluding hydrogens is 434 g/mol. The summed E-state index contributed by atoms with van der Waals surface area (Å²) in [6, 6.07) is 8.84. The number of amides is 3. The number of ether oxygens (including phenoxy) is 1. The number of piperazine rings is 1. The van der Waals surface area contributed by atoms with Gasteiger partial charge in [-0.3, -0.25) is 14.5 Å². The largest absolute Gasteiger partial charge is 0.445 e. The molecule has 4 rings (SSSR count). The SMILES string of the molecule is C[C@H]1C(=O)N(CCC(C)(C)C(=O)N2CCC3(CC3)[C@H](O)C2)CCN1C(=O)OCc1ccccc1. The van der Waals surface area contributed by atoms with E-state index < -0.39 is 23.7 Å². The van der Waals surface area contributed by atoms with Gasteiger partial charge < -0.3 is 19.6 Å². The van der Waals surface area contributed by atoms with Gasteiger partial charge in [-0.25, -0.2) is 4.79 Å². The summed E-state index contributed by atoms with van der Waals surface area (Å²) in [5.74, 6) is -0.0964. The Morgan fingerprint density at radius 3 is 2.47 bits per heavy atom. The molecule has 0 aromatic heterocycles. The number of hydrogen-bond acceptors (Lipinski definition) is 5. The molecule has 0 radical (unpaired) electrons.